The molecular formula is C21H20O6S. The summed E-state index contributed by atoms with van der Waals surface area (Å²) in [6, 6.07) is 8.15. The summed E-state index contributed by atoms with van der Waals surface area (Å²) >= 11 is 1.27. The Hall–Kier alpha value is -2.93. The first-order valence-corrected chi connectivity index (χ1v) is 9.84. The van der Waals surface area contributed by atoms with Crippen molar-refractivity contribution in [2.45, 2.75) is 33.1 Å². The van der Waals surface area contributed by atoms with Gasteiger partial charge in [-0.15, -0.1) is 11.3 Å². The lowest BCUT2D eigenvalue weighted by molar-refractivity contribution is -0.143. The number of benzene rings is 1. The summed E-state index contributed by atoms with van der Waals surface area (Å²) in [5, 5.41) is 2.51. The Morgan fingerprint density at radius 2 is 2.04 bits per heavy atom. The van der Waals surface area contributed by atoms with Gasteiger partial charge in [0.15, 0.2) is 0 Å². The smallest absolute Gasteiger partial charge is 0.353 e. The number of esters is 2. The molecule has 28 heavy (non-hydrogen) atoms. The van der Waals surface area contributed by atoms with E-state index in [9.17, 15) is 14.4 Å². The molecule has 1 aromatic carbocycles. The van der Waals surface area contributed by atoms with Crippen molar-refractivity contribution >= 4 is 34.2 Å². The molecule has 2 aromatic heterocycles. The highest BCUT2D eigenvalue weighted by Crippen LogP contribution is 2.29. The van der Waals surface area contributed by atoms with Crippen LogP contribution in [0.4, 0.5) is 0 Å². The van der Waals surface area contributed by atoms with Gasteiger partial charge in [-0.1, -0.05) is 13.0 Å². The molecule has 0 radical (unpaired) electrons. The Kier molecular flexibility index (Phi) is 6.26. The molecule has 0 atom stereocenters. The van der Waals surface area contributed by atoms with Crippen LogP contribution in [-0.2, 0) is 16.0 Å². The zero-order valence-electron chi connectivity index (χ0n) is 15.7. The van der Waals surface area contributed by atoms with Crippen molar-refractivity contribution in [2.24, 2.45) is 0 Å². The van der Waals surface area contributed by atoms with E-state index >= 15 is 0 Å². The molecular weight excluding hydrogens is 380 g/mol. The molecule has 3 aromatic rings. The van der Waals surface area contributed by atoms with E-state index in [0.717, 1.165) is 17.4 Å². The summed E-state index contributed by atoms with van der Waals surface area (Å²) in [6.07, 6.45) is 1.25. The van der Waals surface area contributed by atoms with Gasteiger partial charge in [-0.25, -0.2) is 9.59 Å². The molecule has 0 unspecified atom stereocenters. The van der Waals surface area contributed by atoms with Gasteiger partial charge in [0.2, 0.25) is 0 Å². The van der Waals surface area contributed by atoms with Gasteiger partial charge in [0.05, 0.1) is 6.61 Å². The Morgan fingerprint density at radius 3 is 2.75 bits per heavy atom. The van der Waals surface area contributed by atoms with E-state index in [0.29, 0.717) is 29.1 Å². The van der Waals surface area contributed by atoms with Crippen molar-refractivity contribution in [3.63, 3.8) is 0 Å². The largest absolute Gasteiger partial charge is 0.466 e. The van der Waals surface area contributed by atoms with Crippen molar-refractivity contribution in [1.82, 2.24) is 0 Å². The lowest BCUT2D eigenvalue weighted by atomic mass is 10.0. The lowest BCUT2D eigenvalue weighted by Crippen LogP contribution is -2.11. The molecule has 0 fully saturated rings. The quantitative estimate of drug-likeness (QED) is 0.335. The number of rotatable bonds is 7. The van der Waals surface area contributed by atoms with Gasteiger partial charge in [-0.2, -0.15) is 0 Å². The van der Waals surface area contributed by atoms with Gasteiger partial charge < -0.3 is 13.9 Å². The van der Waals surface area contributed by atoms with Crippen LogP contribution < -0.4 is 10.4 Å². The van der Waals surface area contributed by atoms with Gasteiger partial charge in [0.1, 0.15) is 16.2 Å². The van der Waals surface area contributed by atoms with E-state index in [1.807, 2.05) is 6.92 Å². The van der Waals surface area contributed by atoms with Crippen LogP contribution in [0.5, 0.6) is 5.75 Å². The minimum Gasteiger partial charge on any atom is -0.466 e. The highest BCUT2D eigenvalue weighted by molar-refractivity contribution is 7.12. The van der Waals surface area contributed by atoms with Crippen LogP contribution in [-0.4, -0.2) is 18.5 Å². The molecule has 0 saturated carbocycles. The number of fused-ring (bicyclic) bond motifs is 1. The standard InChI is InChI=1S/C21H20O6S/c1-3-8-25-19(22)7-6-14-11-15-13(2)10-20(23)26-17(15)12-16(14)27-21(24)18-5-4-9-28-18/h4-5,9-12H,3,6-8H2,1-2H3. The first-order chi connectivity index (χ1) is 13.5. The number of carbonyl (C=O) groups excluding carboxylic acids is 2. The summed E-state index contributed by atoms with van der Waals surface area (Å²) in [4.78, 5) is 36.4. The minimum atomic E-state index is -0.501. The van der Waals surface area contributed by atoms with Crippen molar-refractivity contribution in [2.75, 3.05) is 6.61 Å². The Labute approximate surface area is 165 Å². The molecule has 146 valence electrons. The maximum Gasteiger partial charge on any atom is 0.353 e. The zero-order valence-corrected chi connectivity index (χ0v) is 16.5. The van der Waals surface area contributed by atoms with Crippen LogP contribution in [0.25, 0.3) is 11.0 Å². The molecule has 0 N–H and O–H groups in total. The number of thiophene rings is 1. The first kappa shape index (κ1) is 19.8. The van der Waals surface area contributed by atoms with Gasteiger partial charge in [0, 0.05) is 23.9 Å². The molecule has 0 bridgehead atoms. The van der Waals surface area contributed by atoms with Crippen LogP contribution in [0.3, 0.4) is 0 Å². The van der Waals surface area contributed by atoms with Gasteiger partial charge in [-0.05, 0) is 48.4 Å². The fraction of sp³-hybridized carbons (Fsp3) is 0.286. The van der Waals surface area contributed by atoms with E-state index in [1.165, 1.54) is 23.5 Å². The SMILES string of the molecule is CCCOC(=O)CCc1cc2c(C)cc(=O)oc2cc1OC(=O)c1cccs1. The van der Waals surface area contributed by atoms with Gasteiger partial charge >= 0.3 is 17.6 Å². The molecule has 0 spiro atoms. The lowest BCUT2D eigenvalue weighted by Gasteiger charge is -2.12. The van der Waals surface area contributed by atoms with E-state index in [-0.39, 0.29) is 18.1 Å². The number of carbonyl (C=O) groups is 2. The van der Waals surface area contributed by atoms with Crippen LogP contribution in [0.1, 0.15) is 40.6 Å². The third-order valence-corrected chi connectivity index (χ3v) is 4.97. The van der Waals surface area contributed by atoms with Gasteiger partial charge in [-0.3, -0.25) is 4.79 Å². The van der Waals surface area contributed by atoms with E-state index in [4.69, 9.17) is 13.9 Å². The summed E-state index contributed by atoms with van der Waals surface area (Å²) in [5.41, 5.74) is 1.27. The molecule has 0 aliphatic rings. The maximum atomic E-state index is 12.4. The van der Waals surface area contributed by atoms with Crippen LogP contribution >= 0.6 is 11.3 Å². The topological polar surface area (TPSA) is 82.8 Å². The van der Waals surface area contributed by atoms with E-state index < -0.39 is 11.6 Å². The van der Waals surface area contributed by atoms with Crippen LogP contribution in [0, 0.1) is 6.92 Å². The first-order valence-electron chi connectivity index (χ1n) is 8.96. The summed E-state index contributed by atoms with van der Waals surface area (Å²) in [7, 11) is 0. The second-order valence-electron chi connectivity index (χ2n) is 6.29. The second kappa shape index (κ2) is 8.84. The van der Waals surface area contributed by atoms with Crippen LogP contribution in [0.15, 0.2) is 44.9 Å². The number of hydrogen-bond donors (Lipinski definition) is 0. The molecule has 3 rings (SSSR count). The normalized spacial score (nSPS) is 10.8. The van der Waals surface area contributed by atoms with Crippen molar-refractivity contribution in [3.05, 3.63) is 62.1 Å². The summed E-state index contributed by atoms with van der Waals surface area (Å²) in [6.45, 7) is 4.10. The van der Waals surface area contributed by atoms with E-state index in [2.05, 4.69) is 0 Å². The highest BCUT2D eigenvalue weighted by Gasteiger charge is 2.17. The second-order valence-corrected chi connectivity index (χ2v) is 7.24. The molecule has 0 amide bonds. The van der Waals surface area contributed by atoms with Crippen molar-refractivity contribution < 1.29 is 23.5 Å². The Bertz CT molecular complexity index is 1050. The van der Waals surface area contributed by atoms with E-state index in [1.54, 1.807) is 30.5 Å². The molecule has 0 aliphatic heterocycles. The zero-order chi connectivity index (χ0) is 20.1. The minimum absolute atomic E-state index is 0.158. The molecule has 0 saturated heterocycles. The predicted molar refractivity (Wildman–Crippen MR) is 106 cm³/mol. The molecule has 0 aliphatic carbocycles. The van der Waals surface area contributed by atoms with Crippen LogP contribution in [0.2, 0.25) is 0 Å². The van der Waals surface area contributed by atoms with Crippen molar-refractivity contribution in [1.29, 1.82) is 0 Å². The summed E-state index contributed by atoms with van der Waals surface area (Å²) in [5.74, 6) is -0.545. The predicted octanol–water partition coefficient (Wildman–Crippen LogP) is 4.27. The third-order valence-electron chi connectivity index (χ3n) is 4.12. The fourth-order valence-electron chi connectivity index (χ4n) is 2.75. The molecule has 7 heteroatoms. The average molecular weight is 400 g/mol. The fourth-order valence-corrected chi connectivity index (χ4v) is 3.35. The Morgan fingerprint density at radius 1 is 1.21 bits per heavy atom. The number of hydrogen-bond acceptors (Lipinski definition) is 7. The molecule has 2 heterocycles. The third kappa shape index (κ3) is 4.67. The number of aryl methyl sites for hydroxylation is 2. The monoisotopic (exact) mass is 400 g/mol. The maximum absolute atomic E-state index is 12.4. The summed E-state index contributed by atoms with van der Waals surface area (Å²) < 4.78 is 15.9. The number of ether oxygens (including phenoxy) is 2. The molecule has 6 nitrogen and oxygen atoms in total. The Balaban J connectivity index is 1.94. The van der Waals surface area contributed by atoms with Crippen molar-refractivity contribution in [3.8, 4) is 5.75 Å². The highest BCUT2D eigenvalue weighted by atomic mass is 32.1. The van der Waals surface area contributed by atoms with Gasteiger partial charge in [0.25, 0.3) is 0 Å². The average Bonchev–Trinajstić information content (AvgIpc) is 3.19.